The van der Waals surface area contributed by atoms with Crippen LogP contribution in [0.25, 0.3) is 5.69 Å². The van der Waals surface area contributed by atoms with Crippen LogP contribution in [-0.4, -0.2) is 74.7 Å². The van der Waals surface area contributed by atoms with E-state index in [9.17, 15) is 4.79 Å². The number of nitrogens with zero attached hydrogens (tertiary/aromatic N) is 4. The molecule has 0 saturated carbocycles. The Morgan fingerprint density at radius 2 is 1.87 bits per heavy atom. The van der Waals surface area contributed by atoms with Crippen LogP contribution in [0.3, 0.4) is 0 Å². The average molecular weight is 416 g/mol. The molecule has 1 aromatic heterocycles. The fourth-order valence-electron chi connectivity index (χ4n) is 4.23. The van der Waals surface area contributed by atoms with Gasteiger partial charge in [0.25, 0.3) is 6.47 Å². The third-order valence-electron chi connectivity index (χ3n) is 5.62. The SMILES string of the molecule is Cc1nc(C2CCCN(C3CCOCC3)C2)n(-c2ccc(C(=O)O)cc2)n1.O=CO. The zero-order valence-corrected chi connectivity index (χ0v) is 17.1. The molecule has 2 N–H and O–H groups in total. The Hall–Kier alpha value is -2.78. The van der Waals surface area contributed by atoms with Crippen molar-refractivity contribution in [2.75, 3.05) is 26.3 Å². The highest BCUT2D eigenvalue weighted by Gasteiger charge is 2.30. The highest BCUT2D eigenvalue weighted by Crippen LogP contribution is 2.30. The molecule has 2 aliphatic rings. The largest absolute Gasteiger partial charge is 0.483 e. The number of likely N-dealkylation sites (tertiary alicyclic amines) is 1. The lowest BCUT2D eigenvalue weighted by molar-refractivity contribution is -0.122. The lowest BCUT2D eigenvalue weighted by atomic mass is 9.94. The van der Waals surface area contributed by atoms with Gasteiger partial charge in [-0.25, -0.2) is 14.5 Å². The molecule has 162 valence electrons. The van der Waals surface area contributed by atoms with Gasteiger partial charge in [0.2, 0.25) is 0 Å². The number of benzene rings is 1. The van der Waals surface area contributed by atoms with Crippen LogP contribution in [0.1, 0.15) is 53.6 Å². The number of hydrogen-bond donors (Lipinski definition) is 2. The van der Waals surface area contributed by atoms with Gasteiger partial charge in [-0.3, -0.25) is 9.69 Å². The minimum atomic E-state index is -0.920. The van der Waals surface area contributed by atoms with Crippen molar-refractivity contribution in [3.8, 4) is 5.69 Å². The van der Waals surface area contributed by atoms with Crippen LogP contribution >= 0.6 is 0 Å². The second kappa shape index (κ2) is 10.3. The van der Waals surface area contributed by atoms with Crippen LogP contribution in [-0.2, 0) is 9.53 Å². The summed E-state index contributed by atoms with van der Waals surface area (Å²) in [6, 6.07) is 7.45. The Morgan fingerprint density at radius 3 is 2.50 bits per heavy atom. The molecular weight excluding hydrogens is 388 g/mol. The number of piperidine rings is 1. The van der Waals surface area contributed by atoms with Crippen LogP contribution in [0.4, 0.5) is 0 Å². The number of carboxylic acids is 1. The summed E-state index contributed by atoms with van der Waals surface area (Å²) in [6.45, 7) is 5.51. The van der Waals surface area contributed by atoms with Crippen molar-refractivity contribution in [2.24, 2.45) is 0 Å². The third kappa shape index (κ3) is 5.22. The van der Waals surface area contributed by atoms with Crippen molar-refractivity contribution in [2.45, 2.75) is 44.6 Å². The maximum atomic E-state index is 11.1. The number of aryl methyl sites for hydroxylation is 1. The van der Waals surface area contributed by atoms with Gasteiger partial charge in [0.15, 0.2) is 0 Å². The monoisotopic (exact) mass is 416 g/mol. The van der Waals surface area contributed by atoms with E-state index in [2.05, 4.69) is 10.00 Å². The van der Waals surface area contributed by atoms with Gasteiger partial charge in [-0.1, -0.05) is 0 Å². The van der Waals surface area contributed by atoms with E-state index < -0.39 is 5.97 Å². The van der Waals surface area contributed by atoms with Gasteiger partial charge < -0.3 is 14.9 Å². The molecule has 0 amide bonds. The molecule has 4 rings (SSSR count). The van der Waals surface area contributed by atoms with Crippen molar-refractivity contribution >= 4 is 12.4 Å². The standard InChI is InChI=1S/C20H26N4O3.CH2O2/c1-14-21-19(24(22-14)18-6-4-15(5-7-18)20(25)26)16-3-2-10-23(13-16)17-8-11-27-12-9-17;2-1-3/h4-7,16-17H,2-3,8-13H2,1H3,(H,25,26);1H,(H,2,3). The normalized spacial score (nSPS) is 20.2. The van der Waals surface area contributed by atoms with E-state index >= 15 is 0 Å². The minimum Gasteiger partial charge on any atom is -0.483 e. The molecule has 30 heavy (non-hydrogen) atoms. The number of aromatic nitrogens is 3. The molecule has 1 aromatic carbocycles. The van der Waals surface area contributed by atoms with Gasteiger partial charge >= 0.3 is 5.97 Å². The lowest BCUT2D eigenvalue weighted by Crippen LogP contribution is -2.45. The molecule has 0 spiro atoms. The molecule has 9 nitrogen and oxygen atoms in total. The van der Waals surface area contributed by atoms with Crippen LogP contribution in [0.2, 0.25) is 0 Å². The zero-order valence-electron chi connectivity index (χ0n) is 17.1. The van der Waals surface area contributed by atoms with E-state index in [0.717, 1.165) is 69.3 Å². The second-order valence-corrected chi connectivity index (χ2v) is 7.56. The van der Waals surface area contributed by atoms with Crippen LogP contribution in [0.15, 0.2) is 24.3 Å². The summed E-state index contributed by atoms with van der Waals surface area (Å²) in [5.41, 5.74) is 1.14. The highest BCUT2D eigenvalue weighted by molar-refractivity contribution is 5.87. The number of ether oxygens (including phenoxy) is 1. The summed E-state index contributed by atoms with van der Waals surface area (Å²) in [4.78, 5) is 26.8. The number of hydrogen-bond acceptors (Lipinski definition) is 6. The first-order valence-electron chi connectivity index (χ1n) is 10.2. The highest BCUT2D eigenvalue weighted by atomic mass is 16.5. The van der Waals surface area contributed by atoms with E-state index in [1.165, 1.54) is 0 Å². The van der Waals surface area contributed by atoms with Crippen LogP contribution < -0.4 is 0 Å². The van der Waals surface area contributed by atoms with Gasteiger partial charge in [0, 0.05) is 31.7 Å². The van der Waals surface area contributed by atoms with Gasteiger partial charge in [0.1, 0.15) is 11.6 Å². The smallest absolute Gasteiger partial charge is 0.335 e. The van der Waals surface area contributed by atoms with E-state index in [1.54, 1.807) is 24.3 Å². The second-order valence-electron chi connectivity index (χ2n) is 7.56. The number of aromatic carboxylic acids is 1. The van der Waals surface area contributed by atoms with E-state index in [0.29, 0.717) is 12.0 Å². The molecule has 2 aliphatic heterocycles. The van der Waals surface area contributed by atoms with Gasteiger partial charge in [0.05, 0.1) is 11.3 Å². The third-order valence-corrected chi connectivity index (χ3v) is 5.62. The Kier molecular flexibility index (Phi) is 7.53. The fraction of sp³-hybridized carbons (Fsp3) is 0.524. The molecule has 1 unspecified atom stereocenters. The molecular formula is C21H28N4O5. The van der Waals surface area contributed by atoms with Crippen molar-refractivity contribution in [3.05, 3.63) is 41.5 Å². The first-order valence-corrected chi connectivity index (χ1v) is 10.2. The molecule has 0 bridgehead atoms. The summed E-state index contributed by atoms with van der Waals surface area (Å²) in [7, 11) is 0. The Bertz CT molecular complexity index is 846. The summed E-state index contributed by atoms with van der Waals surface area (Å²) >= 11 is 0. The van der Waals surface area contributed by atoms with E-state index in [4.69, 9.17) is 24.7 Å². The summed E-state index contributed by atoms with van der Waals surface area (Å²) < 4.78 is 7.40. The predicted octanol–water partition coefficient (Wildman–Crippen LogP) is 2.33. The topological polar surface area (TPSA) is 118 Å². The Morgan fingerprint density at radius 1 is 1.20 bits per heavy atom. The molecule has 0 radical (unpaired) electrons. The average Bonchev–Trinajstić information content (AvgIpc) is 3.17. The van der Waals surface area contributed by atoms with Crippen molar-refractivity contribution in [1.82, 2.24) is 19.7 Å². The van der Waals surface area contributed by atoms with Gasteiger partial charge in [-0.2, -0.15) is 5.10 Å². The molecule has 1 atom stereocenters. The predicted molar refractivity (Wildman–Crippen MR) is 109 cm³/mol. The number of carbonyl (C=O) groups is 2. The van der Waals surface area contributed by atoms with Crippen molar-refractivity contribution in [1.29, 1.82) is 0 Å². The zero-order chi connectivity index (χ0) is 21.5. The lowest BCUT2D eigenvalue weighted by Gasteiger charge is -2.39. The minimum absolute atomic E-state index is 0.250. The Balaban J connectivity index is 0.000000806. The first-order chi connectivity index (χ1) is 14.5. The quantitative estimate of drug-likeness (QED) is 0.729. The van der Waals surface area contributed by atoms with Crippen LogP contribution in [0.5, 0.6) is 0 Å². The number of rotatable bonds is 4. The summed E-state index contributed by atoms with van der Waals surface area (Å²) in [6.07, 6.45) is 4.47. The maximum Gasteiger partial charge on any atom is 0.335 e. The molecule has 2 saturated heterocycles. The molecule has 2 fully saturated rings. The van der Waals surface area contributed by atoms with E-state index in [1.807, 2.05) is 11.6 Å². The summed E-state index contributed by atoms with van der Waals surface area (Å²) in [5.74, 6) is 1.14. The van der Waals surface area contributed by atoms with Gasteiger partial charge in [-0.05, 0) is 63.4 Å². The molecule has 9 heteroatoms. The number of carboxylic acid groups (broad SMARTS) is 2. The molecule has 2 aromatic rings. The molecule has 0 aliphatic carbocycles. The van der Waals surface area contributed by atoms with Gasteiger partial charge in [-0.15, -0.1) is 0 Å². The fourth-order valence-corrected chi connectivity index (χ4v) is 4.23. The Labute approximate surface area is 175 Å². The van der Waals surface area contributed by atoms with Crippen molar-refractivity contribution < 1.29 is 24.5 Å². The van der Waals surface area contributed by atoms with Crippen LogP contribution in [0, 0.1) is 6.92 Å². The summed E-state index contributed by atoms with van der Waals surface area (Å²) in [5, 5.41) is 20.6. The maximum absolute atomic E-state index is 11.1. The first kappa shape index (κ1) is 21.9. The van der Waals surface area contributed by atoms with Crippen molar-refractivity contribution in [3.63, 3.8) is 0 Å². The molecule has 3 heterocycles. The van der Waals surface area contributed by atoms with E-state index in [-0.39, 0.29) is 12.0 Å².